The largest absolute Gasteiger partial charge is 0.493 e. The Morgan fingerprint density at radius 2 is 1.93 bits per heavy atom. The Bertz CT molecular complexity index is 1090. The van der Waals surface area contributed by atoms with E-state index in [0.717, 1.165) is 9.04 Å². The zero-order chi connectivity index (χ0) is 20.3. The summed E-state index contributed by atoms with van der Waals surface area (Å²) in [6.45, 7) is 0.950. The van der Waals surface area contributed by atoms with Gasteiger partial charge in [-0.2, -0.15) is 0 Å². The van der Waals surface area contributed by atoms with Crippen molar-refractivity contribution < 1.29 is 24.2 Å². The van der Waals surface area contributed by atoms with Crippen molar-refractivity contribution in [3.63, 3.8) is 0 Å². The number of methoxy groups -OCH3 is 1. The minimum Gasteiger partial charge on any atom is -0.493 e. The number of rotatable bonds is 5. The maximum absolute atomic E-state index is 12.1. The summed E-state index contributed by atoms with van der Waals surface area (Å²) in [6.07, 6.45) is 0. The van der Waals surface area contributed by atoms with Crippen LogP contribution in [0.3, 0.4) is 0 Å². The van der Waals surface area contributed by atoms with Crippen LogP contribution in [0.4, 0.5) is 5.69 Å². The number of nitrogens with zero attached hydrogens (tertiary/aromatic N) is 3. The van der Waals surface area contributed by atoms with Crippen molar-refractivity contribution in [2.24, 2.45) is 10.2 Å². The molecule has 0 aliphatic rings. The third kappa shape index (κ3) is 3.89. The third-order valence-corrected chi connectivity index (χ3v) is 4.37. The molecular formula is C19H16BrN3O5. The highest BCUT2D eigenvalue weighted by molar-refractivity contribution is 9.10. The Morgan fingerprint density at radius 3 is 2.64 bits per heavy atom. The third-order valence-electron chi connectivity index (χ3n) is 3.88. The minimum absolute atomic E-state index is 0.0420. The van der Waals surface area contributed by atoms with Gasteiger partial charge in [-0.15, -0.1) is 10.2 Å². The van der Waals surface area contributed by atoms with Crippen molar-refractivity contribution >= 4 is 44.3 Å². The molecular weight excluding hydrogens is 430 g/mol. The van der Waals surface area contributed by atoms with Gasteiger partial charge in [0.05, 0.1) is 12.6 Å². The Hall–Kier alpha value is -3.20. The number of benzene rings is 2. The fraction of sp³-hybridized carbons (Fsp3) is 0.158. The molecule has 0 radical (unpaired) electrons. The molecule has 0 fully saturated rings. The number of aromatic nitrogens is 1. The van der Waals surface area contributed by atoms with Crippen LogP contribution in [0.1, 0.15) is 11.7 Å². The molecule has 2 aromatic carbocycles. The summed E-state index contributed by atoms with van der Waals surface area (Å²) in [6, 6.07) is 11.9. The first-order valence-corrected chi connectivity index (χ1v) is 8.96. The SMILES string of the molecule is COc1cc(Br)ccc1OCC(=O)N=Nc1c(O)n(C(C)=O)c2ccccc12. The number of azo groups is 1. The van der Waals surface area contributed by atoms with Crippen LogP contribution >= 0.6 is 15.9 Å². The van der Waals surface area contributed by atoms with Gasteiger partial charge in [0.15, 0.2) is 23.8 Å². The standard InChI is InChI=1S/C19H16BrN3O5/c1-11(24)23-14-6-4-3-5-13(14)18(19(23)26)22-21-17(25)10-28-15-8-7-12(20)9-16(15)27-2/h3-9,26H,10H2,1-2H3. The second-order valence-electron chi connectivity index (χ2n) is 5.72. The van der Waals surface area contributed by atoms with Crippen LogP contribution in [-0.4, -0.2) is 35.2 Å². The lowest BCUT2D eigenvalue weighted by molar-refractivity contribution is -0.120. The monoisotopic (exact) mass is 445 g/mol. The molecule has 9 heteroatoms. The zero-order valence-corrected chi connectivity index (χ0v) is 16.6. The Kier molecular flexibility index (Phi) is 5.74. The van der Waals surface area contributed by atoms with Crippen LogP contribution < -0.4 is 9.47 Å². The summed E-state index contributed by atoms with van der Waals surface area (Å²) < 4.78 is 12.5. The van der Waals surface area contributed by atoms with Gasteiger partial charge >= 0.3 is 5.91 Å². The second kappa shape index (κ2) is 8.22. The maximum Gasteiger partial charge on any atom is 0.302 e. The molecule has 1 heterocycles. The quantitative estimate of drug-likeness (QED) is 0.583. The van der Waals surface area contributed by atoms with E-state index >= 15 is 0 Å². The lowest BCUT2D eigenvalue weighted by Crippen LogP contribution is -2.08. The Balaban J connectivity index is 1.80. The zero-order valence-electron chi connectivity index (χ0n) is 15.0. The Morgan fingerprint density at radius 1 is 1.18 bits per heavy atom. The van der Waals surface area contributed by atoms with E-state index < -0.39 is 5.91 Å². The van der Waals surface area contributed by atoms with Gasteiger partial charge in [0, 0.05) is 16.8 Å². The number of amides is 1. The van der Waals surface area contributed by atoms with Gasteiger partial charge < -0.3 is 14.6 Å². The first-order chi connectivity index (χ1) is 13.4. The van der Waals surface area contributed by atoms with Gasteiger partial charge in [-0.05, 0) is 24.3 Å². The number of hydrogen-bond acceptors (Lipinski definition) is 6. The molecule has 28 heavy (non-hydrogen) atoms. The number of hydrogen-bond donors (Lipinski definition) is 1. The number of carbonyl (C=O) groups excluding carboxylic acids is 2. The van der Waals surface area contributed by atoms with Crippen molar-refractivity contribution in [2.45, 2.75) is 6.92 Å². The van der Waals surface area contributed by atoms with E-state index in [-0.39, 0.29) is 24.1 Å². The first kappa shape index (κ1) is 19.6. The molecule has 0 spiro atoms. The molecule has 0 aliphatic carbocycles. The van der Waals surface area contributed by atoms with Gasteiger partial charge in [0.1, 0.15) is 0 Å². The van der Waals surface area contributed by atoms with E-state index in [1.165, 1.54) is 14.0 Å². The molecule has 0 saturated heterocycles. The van der Waals surface area contributed by atoms with Crippen LogP contribution in [0.25, 0.3) is 10.9 Å². The van der Waals surface area contributed by atoms with E-state index in [1.807, 2.05) is 0 Å². The number of para-hydroxylation sites is 1. The second-order valence-corrected chi connectivity index (χ2v) is 6.64. The average Bonchev–Trinajstić information content (AvgIpc) is 2.96. The number of halogens is 1. The van der Waals surface area contributed by atoms with E-state index in [9.17, 15) is 14.7 Å². The predicted octanol–water partition coefficient (Wildman–Crippen LogP) is 4.47. The highest BCUT2D eigenvalue weighted by Gasteiger charge is 2.19. The van der Waals surface area contributed by atoms with Crippen molar-refractivity contribution in [3.8, 4) is 17.4 Å². The van der Waals surface area contributed by atoms with Crippen molar-refractivity contribution in [1.82, 2.24) is 4.57 Å². The van der Waals surface area contributed by atoms with Crippen molar-refractivity contribution in [2.75, 3.05) is 13.7 Å². The van der Waals surface area contributed by atoms with E-state index in [2.05, 4.69) is 26.2 Å². The molecule has 0 atom stereocenters. The number of fused-ring (bicyclic) bond motifs is 1. The van der Waals surface area contributed by atoms with E-state index in [4.69, 9.17) is 9.47 Å². The van der Waals surface area contributed by atoms with Crippen LogP contribution in [0.15, 0.2) is 57.2 Å². The Labute approximate surface area is 168 Å². The highest BCUT2D eigenvalue weighted by atomic mass is 79.9. The molecule has 0 bridgehead atoms. The molecule has 144 valence electrons. The smallest absolute Gasteiger partial charge is 0.302 e. The molecule has 8 nitrogen and oxygen atoms in total. The predicted molar refractivity (Wildman–Crippen MR) is 106 cm³/mol. The number of aromatic hydroxyl groups is 1. The molecule has 1 amide bonds. The van der Waals surface area contributed by atoms with Gasteiger partial charge in [0.25, 0.3) is 0 Å². The topological polar surface area (TPSA) is 102 Å². The lowest BCUT2D eigenvalue weighted by Gasteiger charge is -2.09. The van der Waals surface area contributed by atoms with Gasteiger partial charge in [0.2, 0.25) is 11.8 Å². The van der Waals surface area contributed by atoms with Crippen LogP contribution in [0.2, 0.25) is 0 Å². The minimum atomic E-state index is -0.663. The van der Waals surface area contributed by atoms with Crippen molar-refractivity contribution in [1.29, 1.82) is 0 Å². The normalized spacial score (nSPS) is 11.1. The van der Waals surface area contributed by atoms with Gasteiger partial charge in [-0.25, -0.2) is 4.57 Å². The van der Waals surface area contributed by atoms with Crippen LogP contribution in [0, 0.1) is 0 Å². The van der Waals surface area contributed by atoms with Crippen LogP contribution in [0.5, 0.6) is 17.4 Å². The fourth-order valence-corrected chi connectivity index (χ4v) is 3.00. The highest BCUT2D eigenvalue weighted by Crippen LogP contribution is 2.38. The first-order valence-electron chi connectivity index (χ1n) is 8.16. The molecule has 1 aromatic heterocycles. The van der Waals surface area contributed by atoms with Crippen molar-refractivity contribution in [3.05, 3.63) is 46.9 Å². The molecule has 1 N–H and O–H groups in total. The fourth-order valence-electron chi connectivity index (χ4n) is 2.66. The molecule has 0 saturated carbocycles. The number of ether oxygens (including phenoxy) is 2. The summed E-state index contributed by atoms with van der Waals surface area (Å²) >= 11 is 3.32. The maximum atomic E-state index is 12.1. The lowest BCUT2D eigenvalue weighted by atomic mass is 10.2. The summed E-state index contributed by atoms with van der Waals surface area (Å²) in [4.78, 5) is 23.9. The van der Waals surface area contributed by atoms with Gasteiger partial charge in [-0.3, -0.25) is 9.59 Å². The van der Waals surface area contributed by atoms with E-state index in [0.29, 0.717) is 22.4 Å². The molecule has 0 unspecified atom stereocenters. The van der Waals surface area contributed by atoms with Crippen LogP contribution in [-0.2, 0) is 4.79 Å². The summed E-state index contributed by atoms with van der Waals surface area (Å²) in [5.74, 6) is -0.580. The summed E-state index contributed by atoms with van der Waals surface area (Å²) in [5.41, 5.74) is 0.519. The summed E-state index contributed by atoms with van der Waals surface area (Å²) in [5, 5.41) is 18.3. The average molecular weight is 446 g/mol. The summed E-state index contributed by atoms with van der Waals surface area (Å²) in [7, 11) is 1.49. The molecule has 0 aliphatic heterocycles. The van der Waals surface area contributed by atoms with Gasteiger partial charge in [-0.1, -0.05) is 34.1 Å². The molecule has 3 rings (SSSR count). The number of carbonyl (C=O) groups is 2. The van der Waals surface area contributed by atoms with E-state index in [1.54, 1.807) is 42.5 Å². The molecule has 3 aromatic rings.